The number of aryl methyl sites for hydroxylation is 1. The molecule has 0 saturated heterocycles. The maximum absolute atomic E-state index is 5.94. The molecule has 0 aliphatic rings. The van der Waals surface area contributed by atoms with Crippen LogP contribution in [0.2, 0.25) is 0 Å². The third kappa shape index (κ3) is 2.74. The molecule has 0 saturated carbocycles. The van der Waals surface area contributed by atoms with Gasteiger partial charge in [0.2, 0.25) is 0 Å². The predicted molar refractivity (Wildman–Crippen MR) is 77.6 cm³/mol. The first-order valence-electron chi connectivity index (χ1n) is 6.23. The molecular weight excluding hydrogens is 242 g/mol. The maximum Gasteiger partial charge on any atom is 0.119 e. The monoisotopic (exact) mass is 261 g/mol. The van der Waals surface area contributed by atoms with E-state index in [2.05, 4.69) is 36.6 Å². The summed E-state index contributed by atoms with van der Waals surface area (Å²) in [5, 5.41) is 2.10. The smallest absolute Gasteiger partial charge is 0.119 e. The highest BCUT2D eigenvalue weighted by Crippen LogP contribution is 2.31. The fourth-order valence-electron chi connectivity index (χ4n) is 2.18. The average Bonchev–Trinajstić information content (AvgIpc) is 2.87. The van der Waals surface area contributed by atoms with Crippen LogP contribution in [0.3, 0.4) is 0 Å². The molecule has 2 aromatic rings. The molecule has 2 N–H and O–H groups in total. The van der Waals surface area contributed by atoms with E-state index in [4.69, 9.17) is 10.5 Å². The Morgan fingerprint density at radius 3 is 2.72 bits per heavy atom. The van der Waals surface area contributed by atoms with E-state index in [1.807, 2.05) is 13.0 Å². The molecule has 0 aliphatic heterocycles. The molecule has 96 valence electrons. The SMILES string of the molecule is CCOc1ccc(C(CN)c2cccs2)c(C)c1. The zero-order valence-electron chi connectivity index (χ0n) is 10.8. The molecule has 0 bridgehead atoms. The van der Waals surface area contributed by atoms with Gasteiger partial charge in [-0.15, -0.1) is 11.3 Å². The van der Waals surface area contributed by atoms with Gasteiger partial charge in [0.25, 0.3) is 0 Å². The third-order valence-electron chi connectivity index (χ3n) is 3.05. The zero-order chi connectivity index (χ0) is 13.0. The normalized spacial score (nSPS) is 12.4. The number of hydrogen-bond acceptors (Lipinski definition) is 3. The van der Waals surface area contributed by atoms with Crippen molar-refractivity contribution in [1.29, 1.82) is 0 Å². The first-order valence-corrected chi connectivity index (χ1v) is 7.11. The van der Waals surface area contributed by atoms with E-state index < -0.39 is 0 Å². The Hall–Kier alpha value is -1.32. The quantitative estimate of drug-likeness (QED) is 0.893. The van der Waals surface area contributed by atoms with Gasteiger partial charge in [0, 0.05) is 17.3 Å². The summed E-state index contributed by atoms with van der Waals surface area (Å²) >= 11 is 1.76. The largest absolute Gasteiger partial charge is 0.494 e. The summed E-state index contributed by atoms with van der Waals surface area (Å²) in [6.07, 6.45) is 0. The summed E-state index contributed by atoms with van der Waals surface area (Å²) in [7, 11) is 0. The fourth-order valence-corrected chi connectivity index (χ4v) is 3.04. The van der Waals surface area contributed by atoms with E-state index in [0.29, 0.717) is 19.1 Å². The Morgan fingerprint density at radius 1 is 1.33 bits per heavy atom. The molecule has 1 atom stereocenters. The average molecular weight is 261 g/mol. The molecule has 3 heteroatoms. The Bertz CT molecular complexity index is 493. The van der Waals surface area contributed by atoms with Gasteiger partial charge < -0.3 is 10.5 Å². The van der Waals surface area contributed by atoms with Crippen molar-refractivity contribution in [2.24, 2.45) is 5.73 Å². The molecule has 1 aromatic carbocycles. The molecule has 18 heavy (non-hydrogen) atoms. The summed E-state index contributed by atoms with van der Waals surface area (Å²) < 4.78 is 5.52. The van der Waals surface area contributed by atoms with E-state index in [1.54, 1.807) is 11.3 Å². The number of nitrogens with two attached hydrogens (primary N) is 1. The lowest BCUT2D eigenvalue weighted by Gasteiger charge is -2.17. The van der Waals surface area contributed by atoms with Crippen LogP contribution in [0.4, 0.5) is 0 Å². The second-order valence-corrected chi connectivity index (χ2v) is 5.23. The van der Waals surface area contributed by atoms with E-state index in [0.717, 1.165) is 5.75 Å². The maximum atomic E-state index is 5.94. The molecular formula is C15H19NOS. The van der Waals surface area contributed by atoms with E-state index >= 15 is 0 Å². The van der Waals surface area contributed by atoms with Gasteiger partial charge in [-0.05, 0) is 48.6 Å². The highest BCUT2D eigenvalue weighted by molar-refractivity contribution is 7.10. The van der Waals surface area contributed by atoms with Gasteiger partial charge >= 0.3 is 0 Å². The molecule has 0 amide bonds. The molecule has 1 unspecified atom stereocenters. The van der Waals surface area contributed by atoms with Crippen molar-refractivity contribution in [3.05, 3.63) is 51.7 Å². The topological polar surface area (TPSA) is 35.2 Å². The predicted octanol–water partition coefficient (Wildman–Crippen LogP) is 3.55. The van der Waals surface area contributed by atoms with Crippen molar-refractivity contribution >= 4 is 11.3 Å². The van der Waals surface area contributed by atoms with Gasteiger partial charge in [-0.25, -0.2) is 0 Å². The van der Waals surface area contributed by atoms with Crippen molar-refractivity contribution in [2.75, 3.05) is 13.2 Å². The van der Waals surface area contributed by atoms with Crippen LogP contribution in [0, 0.1) is 6.92 Å². The molecule has 0 fully saturated rings. The Balaban J connectivity index is 2.32. The highest BCUT2D eigenvalue weighted by Gasteiger charge is 2.15. The van der Waals surface area contributed by atoms with E-state index in [9.17, 15) is 0 Å². The molecule has 0 radical (unpaired) electrons. The number of benzene rings is 1. The van der Waals surface area contributed by atoms with Gasteiger partial charge in [0.1, 0.15) is 5.75 Å². The first-order chi connectivity index (χ1) is 8.76. The lowest BCUT2D eigenvalue weighted by Crippen LogP contribution is -2.13. The summed E-state index contributed by atoms with van der Waals surface area (Å²) in [6, 6.07) is 10.5. The van der Waals surface area contributed by atoms with Crippen LogP contribution < -0.4 is 10.5 Å². The second-order valence-electron chi connectivity index (χ2n) is 4.26. The van der Waals surface area contributed by atoms with Crippen LogP contribution in [-0.4, -0.2) is 13.2 Å². The number of rotatable bonds is 5. The minimum atomic E-state index is 0.292. The minimum Gasteiger partial charge on any atom is -0.494 e. The number of ether oxygens (including phenoxy) is 1. The summed E-state index contributed by atoms with van der Waals surface area (Å²) in [4.78, 5) is 1.32. The van der Waals surface area contributed by atoms with Crippen LogP contribution in [0.25, 0.3) is 0 Å². The van der Waals surface area contributed by atoms with Crippen molar-refractivity contribution in [3.8, 4) is 5.75 Å². The van der Waals surface area contributed by atoms with Gasteiger partial charge in [-0.1, -0.05) is 12.1 Å². The van der Waals surface area contributed by atoms with Gasteiger partial charge in [0.15, 0.2) is 0 Å². The van der Waals surface area contributed by atoms with Gasteiger partial charge in [0.05, 0.1) is 6.61 Å². The van der Waals surface area contributed by atoms with Crippen LogP contribution >= 0.6 is 11.3 Å². The summed E-state index contributed by atoms with van der Waals surface area (Å²) in [6.45, 7) is 5.45. The lowest BCUT2D eigenvalue weighted by atomic mass is 9.93. The van der Waals surface area contributed by atoms with Crippen molar-refractivity contribution in [2.45, 2.75) is 19.8 Å². The highest BCUT2D eigenvalue weighted by atomic mass is 32.1. The zero-order valence-corrected chi connectivity index (χ0v) is 11.7. The molecule has 2 rings (SSSR count). The summed E-state index contributed by atoms with van der Waals surface area (Å²) in [5.74, 6) is 1.22. The Labute approximate surface area is 112 Å². The van der Waals surface area contributed by atoms with Gasteiger partial charge in [-0.3, -0.25) is 0 Å². The molecule has 1 aromatic heterocycles. The first kappa shape index (κ1) is 13.1. The summed E-state index contributed by atoms with van der Waals surface area (Å²) in [5.41, 5.74) is 8.47. The second kappa shape index (κ2) is 6.03. The molecule has 1 heterocycles. The van der Waals surface area contributed by atoms with Crippen molar-refractivity contribution < 1.29 is 4.74 Å². The molecule has 0 aliphatic carbocycles. The van der Waals surface area contributed by atoms with Crippen molar-refractivity contribution in [3.63, 3.8) is 0 Å². The standard InChI is InChI=1S/C15H19NOS/c1-3-17-12-6-7-13(11(2)9-12)14(10-16)15-5-4-8-18-15/h4-9,14H,3,10,16H2,1-2H3. The van der Waals surface area contributed by atoms with Crippen LogP contribution in [0.1, 0.15) is 28.8 Å². The number of thiophene rings is 1. The Morgan fingerprint density at radius 2 is 2.17 bits per heavy atom. The fraction of sp³-hybridized carbons (Fsp3) is 0.333. The molecule has 0 spiro atoms. The van der Waals surface area contributed by atoms with Crippen LogP contribution in [0.5, 0.6) is 5.75 Å². The van der Waals surface area contributed by atoms with Gasteiger partial charge in [-0.2, -0.15) is 0 Å². The van der Waals surface area contributed by atoms with E-state index in [-0.39, 0.29) is 0 Å². The van der Waals surface area contributed by atoms with Crippen LogP contribution in [0.15, 0.2) is 35.7 Å². The minimum absolute atomic E-state index is 0.292. The molecule has 2 nitrogen and oxygen atoms in total. The number of hydrogen-bond donors (Lipinski definition) is 1. The van der Waals surface area contributed by atoms with E-state index in [1.165, 1.54) is 16.0 Å². The Kier molecular flexibility index (Phi) is 4.39. The van der Waals surface area contributed by atoms with Crippen molar-refractivity contribution in [1.82, 2.24) is 0 Å². The van der Waals surface area contributed by atoms with Crippen LogP contribution in [-0.2, 0) is 0 Å². The third-order valence-corrected chi connectivity index (χ3v) is 4.04. The lowest BCUT2D eigenvalue weighted by molar-refractivity contribution is 0.340.